The number of carbonyl (C=O) groups is 1. The van der Waals surface area contributed by atoms with E-state index in [1.54, 1.807) is 0 Å². The molecule has 0 N–H and O–H groups in total. The maximum absolute atomic E-state index is 11.1. The molecule has 0 radical (unpaired) electrons. The van der Waals surface area contributed by atoms with Crippen LogP contribution in [0.15, 0.2) is 30.3 Å². The van der Waals surface area contributed by atoms with Crippen LogP contribution in [-0.2, 0) is 16.0 Å². The van der Waals surface area contributed by atoms with E-state index in [1.165, 1.54) is 31.2 Å². The lowest BCUT2D eigenvalue weighted by Crippen LogP contribution is -2.03. The van der Waals surface area contributed by atoms with Gasteiger partial charge in [-0.1, -0.05) is 49.6 Å². The van der Waals surface area contributed by atoms with Gasteiger partial charge in [0.25, 0.3) is 0 Å². The third kappa shape index (κ3) is 7.10. The van der Waals surface area contributed by atoms with Crippen LogP contribution in [0.3, 0.4) is 0 Å². The molecule has 0 aromatic heterocycles. The van der Waals surface area contributed by atoms with Gasteiger partial charge in [0.1, 0.15) is 0 Å². The number of esters is 1. The molecule has 0 amide bonds. The Balaban J connectivity index is 1.92. The second-order valence-corrected chi connectivity index (χ2v) is 4.56. The van der Waals surface area contributed by atoms with Gasteiger partial charge in [-0.15, -0.1) is 0 Å². The van der Waals surface area contributed by atoms with Gasteiger partial charge < -0.3 is 4.74 Å². The van der Waals surface area contributed by atoms with Crippen molar-refractivity contribution < 1.29 is 9.53 Å². The average molecular weight is 248 g/mol. The summed E-state index contributed by atoms with van der Waals surface area (Å²) in [5.41, 5.74) is 1.42. The molecule has 18 heavy (non-hydrogen) atoms. The molecule has 0 unspecified atom stereocenters. The summed E-state index contributed by atoms with van der Waals surface area (Å²) in [6.07, 6.45) is 7.54. The van der Waals surface area contributed by atoms with Gasteiger partial charge in [0.15, 0.2) is 0 Å². The molecule has 0 saturated carbocycles. The second-order valence-electron chi connectivity index (χ2n) is 4.56. The molecule has 1 aromatic rings. The lowest BCUT2D eigenvalue weighted by molar-refractivity contribution is -0.143. The van der Waals surface area contributed by atoms with Crippen LogP contribution in [0, 0.1) is 0 Å². The number of hydrogen-bond donors (Lipinski definition) is 0. The van der Waals surface area contributed by atoms with Gasteiger partial charge in [0, 0.05) is 6.42 Å². The predicted octanol–water partition coefficient (Wildman–Crippen LogP) is 4.13. The standard InChI is InChI=1S/C16H24O2/c1-2-18-16(17)14-10-5-3-4-7-11-15-12-8-6-9-13-15/h6,8-9,12-13H,2-5,7,10-11,14H2,1H3. The third-order valence-electron chi connectivity index (χ3n) is 2.99. The van der Waals surface area contributed by atoms with E-state index in [9.17, 15) is 4.79 Å². The first-order valence-corrected chi connectivity index (χ1v) is 7.02. The van der Waals surface area contributed by atoms with Crippen LogP contribution < -0.4 is 0 Å². The molecule has 0 bridgehead atoms. The van der Waals surface area contributed by atoms with Crippen molar-refractivity contribution in [3.05, 3.63) is 35.9 Å². The van der Waals surface area contributed by atoms with Crippen LogP contribution >= 0.6 is 0 Å². The van der Waals surface area contributed by atoms with Crippen LogP contribution in [0.1, 0.15) is 51.0 Å². The molecule has 0 atom stereocenters. The molecule has 0 fully saturated rings. The first-order valence-electron chi connectivity index (χ1n) is 7.02. The molecule has 0 aliphatic carbocycles. The van der Waals surface area contributed by atoms with E-state index in [2.05, 4.69) is 30.3 Å². The fourth-order valence-corrected chi connectivity index (χ4v) is 2.01. The SMILES string of the molecule is CCOC(=O)CCCCCCCc1ccccc1. The predicted molar refractivity (Wildman–Crippen MR) is 74.5 cm³/mol. The zero-order valence-electron chi connectivity index (χ0n) is 11.4. The molecule has 0 aliphatic heterocycles. The Kier molecular flexibility index (Phi) is 7.94. The van der Waals surface area contributed by atoms with Crippen molar-refractivity contribution >= 4 is 5.97 Å². The summed E-state index contributed by atoms with van der Waals surface area (Å²) in [6.45, 7) is 2.34. The van der Waals surface area contributed by atoms with E-state index >= 15 is 0 Å². The summed E-state index contributed by atoms with van der Waals surface area (Å²) in [4.78, 5) is 11.1. The highest BCUT2D eigenvalue weighted by Crippen LogP contribution is 2.10. The van der Waals surface area contributed by atoms with Crippen molar-refractivity contribution in [3.63, 3.8) is 0 Å². The van der Waals surface area contributed by atoms with Crippen LogP contribution in [-0.4, -0.2) is 12.6 Å². The highest BCUT2D eigenvalue weighted by atomic mass is 16.5. The van der Waals surface area contributed by atoms with Crippen molar-refractivity contribution in [1.82, 2.24) is 0 Å². The van der Waals surface area contributed by atoms with Crippen molar-refractivity contribution in [1.29, 1.82) is 0 Å². The normalized spacial score (nSPS) is 10.3. The van der Waals surface area contributed by atoms with Gasteiger partial charge in [0.2, 0.25) is 0 Å². The molecule has 0 spiro atoms. The maximum Gasteiger partial charge on any atom is 0.305 e. The van der Waals surface area contributed by atoms with Crippen molar-refractivity contribution in [2.24, 2.45) is 0 Å². The van der Waals surface area contributed by atoms with Crippen LogP contribution in [0.25, 0.3) is 0 Å². The summed E-state index contributed by atoms with van der Waals surface area (Å²) in [7, 11) is 0. The number of hydrogen-bond acceptors (Lipinski definition) is 2. The Morgan fingerprint density at radius 2 is 1.67 bits per heavy atom. The van der Waals surface area contributed by atoms with Gasteiger partial charge >= 0.3 is 5.97 Å². The van der Waals surface area contributed by atoms with E-state index in [0.29, 0.717) is 13.0 Å². The van der Waals surface area contributed by atoms with Crippen molar-refractivity contribution in [2.75, 3.05) is 6.61 Å². The number of rotatable bonds is 9. The number of benzene rings is 1. The highest BCUT2D eigenvalue weighted by Gasteiger charge is 2.00. The molecule has 2 heteroatoms. The topological polar surface area (TPSA) is 26.3 Å². The van der Waals surface area contributed by atoms with E-state index in [0.717, 1.165) is 12.8 Å². The van der Waals surface area contributed by atoms with Gasteiger partial charge in [0.05, 0.1) is 6.61 Å². The first-order chi connectivity index (χ1) is 8.83. The largest absolute Gasteiger partial charge is 0.466 e. The average Bonchev–Trinajstić information content (AvgIpc) is 2.39. The molecule has 2 nitrogen and oxygen atoms in total. The Bertz CT molecular complexity index is 319. The van der Waals surface area contributed by atoms with E-state index in [4.69, 9.17) is 4.74 Å². The monoisotopic (exact) mass is 248 g/mol. The summed E-state index contributed by atoms with van der Waals surface area (Å²) in [5, 5.41) is 0. The molecule has 100 valence electrons. The fourth-order valence-electron chi connectivity index (χ4n) is 2.01. The van der Waals surface area contributed by atoms with Crippen molar-refractivity contribution in [2.45, 2.75) is 51.9 Å². The summed E-state index contributed by atoms with van der Waals surface area (Å²) >= 11 is 0. The fraction of sp³-hybridized carbons (Fsp3) is 0.562. The quantitative estimate of drug-likeness (QED) is 0.485. The molecule has 1 rings (SSSR count). The Morgan fingerprint density at radius 1 is 1.00 bits per heavy atom. The van der Waals surface area contributed by atoms with Gasteiger partial charge in [-0.3, -0.25) is 4.79 Å². The van der Waals surface area contributed by atoms with Crippen LogP contribution in [0.4, 0.5) is 0 Å². The molecule has 0 heterocycles. The summed E-state index contributed by atoms with van der Waals surface area (Å²) in [5.74, 6) is -0.0539. The highest BCUT2D eigenvalue weighted by molar-refractivity contribution is 5.69. The number of carbonyl (C=O) groups excluding carboxylic acids is 1. The minimum Gasteiger partial charge on any atom is -0.466 e. The van der Waals surface area contributed by atoms with Crippen LogP contribution in [0.5, 0.6) is 0 Å². The van der Waals surface area contributed by atoms with Crippen molar-refractivity contribution in [3.8, 4) is 0 Å². The van der Waals surface area contributed by atoms with E-state index in [1.807, 2.05) is 6.92 Å². The van der Waals surface area contributed by atoms with E-state index < -0.39 is 0 Å². The summed E-state index contributed by atoms with van der Waals surface area (Å²) in [6, 6.07) is 10.6. The molecule has 0 aliphatic rings. The van der Waals surface area contributed by atoms with Gasteiger partial charge in [-0.2, -0.15) is 0 Å². The van der Waals surface area contributed by atoms with Gasteiger partial charge in [-0.05, 0) is 31.7 Å². The maximum atomic E-state index is 11.1. The molecular weight excluding hydrogens is 224 g/mol. The Morgan fingerprint density at radius 3 is 2.39 bits per heavy atom. The number of aryl methyl sites for hydroxylation is 1. The van der Waals surface area contributed by atoms with Crippen LogP contribution in [0.2, 0.25) is 0 Å². The minimum absolute atomic E-state index is 0.0539. The molecule has 1 aromatic carbocycles. The minimum atomic E-state index is -0.0539. The zero-order chi connectivity index (χ0) is 13.1. The first kappa shape index (κ1) is 14.7. The summed E-state index contributed by atoms with van der Waals surface area (Å²) < 4.78 is 4.89. The third-order valence-corrected chi connectivity index (χ3v) is 2.99. The number of ether oxygens (including phenoxy) is 1. The van der Waals surface area contributed by atoms with Gasteiger partial charge in [-0.25, -0.2) is 0 Å². The van der Waals surface area contributed by atoms with E-state index in [-0.39, 0.29) is 5.97 Å². The smallest absolute Gasteiger partial charge is 0.305 e. The molecule has 0 saturated heterocycles. The second kappa shape index (κ2) is 9.69. The zero-order valence-corrected chi connectivity index (χ0v) is 11.4. The molecular formula is C16H24O2. The Labute approximate surface area is 110 Å². The lowest BCUT2D eigenvalue weighted by Gasteiger charge is -2.03. The lowest BCUT2D eigenvalue weighted by atomic mass is 10.1. The number of unbranched alkanes of at least 4 members (excludes halogenated alkanes) is 4. The Hall–Kier alpha value is -1.31.